The van der Waals surface area contributed by atoms with E-state index in [0.29, 0.717) is 18.4 Å². The molecule has 0 aliphatic heterocycles. The van der Waals surface area contributed by atoms with Crippen LogP contribution in [-0.2, 0) is 11.2 Å². The molecule has 0 saturated heterocycles. The first-order valence-corrected chi connectivity index (χ1v) is 5.14. The van der Waals surface area contributed by atoms with E-state index in [-0.39, 0.29) is 12.3 Å². The molecule has 1 rings (SSSR count). The Balaban J connectivity index is 2.51. The van der Waals surface area contributed by atoms with Gasteiger partial charge < -0.3 is 5.11 Å². The molecule has 1 aromatic rings. The number of carboxylic acid groups (broad SMARTS) is 1. The first kappa shape index (κ1) is 12.6. The van der Waals surface area contributed by atoms with Gasteiger partial charge in [0.05, 0.1) is 0 Å². The Morgan fingerprint density at radius 3 is 2.69 bits per heavy atom. The van der Waals surface area contributed by atoms with Crippen molar-refractivity contribution in [1.82, 2.24) is 0 Å². The number of aryl methyl sites for hydroxylation is 1. The summed E-state index contributed by atoms with van der Waals surface area (Å²) in [6.45, 7) is 1.80. The summed E-state index contributed by atoms with van der Waals surface area (Å²) in [6, 6.07) is 3.45. The molecule has 16 heavy (non-hydrogen) atoms. The molecule has 4 heteroatoms. The van der Waals surface area contributed by atoms with E-state index in [4.69, 9.17) is 5.11 Å². The van der Waals surface area contributed by atoms with E-state index in [0.717, 1.165) is 6.07 Å². The second-order valence-corrected chi connectivity index (χ2v) is 3.98. The van der Waals surface area contributed by atoms with Crippen molar-refractivity contribution in [3.8, 4) is 0 Å². The summed E-state index contributed by atoms with van der Waals surface area (Å²) in [5.74, 6) is -2.03. The molecule has 1 N–H and O–H groups in total. The number of carbonyl (C=O) groups is 1. The molecule has 2 nitrogen and oxygen atoms in total. The van der Waals surface area contributed by atoms with Gasteiger partial charge in [-0.1, -0.05) is 13.0 Å². The molecule has 1 aromatic carbocycles. The molecule has 0 amide bonds. The van der Waals surface area contributed by atoms with Gasteiger partial charge >= 0.3 is 5.97 Å². The van der Waals surface area contributed by atoms with E-state index < -0.39 is 17.6 Å². The maximum Gasteiger partial charge on any atom is 0.303 e. The van der Waals surface area contributed by atoms with Crippen LogP contribution in [0.2, 0.25) is 0 Å². The number of hydrogen-bond donors (Lipinski definition) is 1. The minimum Gasteiger partial charge on any atom is -0.481 e. The van der Waals surface area contributed by atoms with Gasteiger partial charge in [-0.15, -0.1) is 0 Å². The second-order valence-electron chi connectivity index (χ2n) is 3.98. The monoisotopic (exact) mass is 228 g/mol. The molecule has 0 bridgehead atoms. The Kier molecular flexibility index (Phi) is 4.40. The standard InChI is InChI=1S/C12H14F2O2/c1-8(6-12(15)16)2-3-9-4-5-10(13)7-11(9)14/h4-5,7-8H,2-3,6H2,1H3,(H,15,16). The van der Waals surface area contributed by atoms with Crippen LogP contribution >= 0.6 is 0 Å². The molecule has 0 spiro atoms. The minimum absolute atomic E-state index is 0.0121. The van der Waals surface area contributed by atoms with Crippen molar-refractivity contribution in [3.63, 3.8) is 0 Å². The van der Waals surface area contributed by atoms with Gasteiger partial charge in [-0.2, -0.15) is 0 Å². The number of carboxylic acids is 1. The molecule has 0 aliphatic rings. The Morgan fingerprint density at radius 2 is 2.12 bits per heavy atom. The van der Waals surface area contributed by atoms with Gasteiger partial charge in [0.25, 0.3) is 0 Å². The lowest BCUT2D eigenvalue weighted by Gasteiger charge is -2.08. The summed E-state index contributed by atoms with van der Waals surface area (Å²) in [6.07, 6.45) is 1.08. The average Bonchev–Trinajstić information content (AvgIpc) is 2.15. The molecular weight excluding hydrogens is 214 g/mol. The first-order chi connectivity index (χ1) is 7.49. The normalized spacial score (nSPS) is 12.4. The number of hydrogen-bond acceptors (Lipinski definition) is 1. The Hall–Kier alpha value is -1.45. The zero-order valence-electron chi connectivity index (χ0n) is 9.04. The Bertz CT molecular complexity index is 377. The molecule has 88 valence electrons. The SMILES string of the molecule is CC(CCc1ccc(F)cc1F)CC(=O)O. The highest BCUT2D eigenvalue weighted by molar-refractivity contribution is 5.66. The fourth-order valence-corrected chi connectivity index (χ4v) is 1.53. The van der Waals surface area contributed by atoms with Gasteiger partial charge in [0.1, 0.15) is 11.6 Å². The highest BCUT2D eigenvalue weighted by Crippen LogP contribution is 2.16. The van der Waals surface area contributed by atoms with Crippen LogP contribution in [0.15, 0.2) is 18.2 Å². The average molecular weight is 228 g/mol. The number of aliphatic carboxylic acids is 1. The molecule has 1 atom stereocenters. The lowest BCUT2D eigenvalue weighted by atomic mass is 9.98. The summed E-state index contributed by atoms with van der Waals surface area (Å²) in [7, 11) is 0. The van der Waals surface area contributed by atoms with Crippen molar-refractivity contribution in [2.24, 2.45) is 5.92 Å². The van der Waals surface area contributed by atoms with Crippen LogP contribution in [0.5, 0.6) is 0 Å². The first-order valence-electron chi connectivity index (χ1n) is 5.14. The third-order valence-corrected chi connectivity index (χ3v) is 2.44. The lowest BCUT2D eigenvalue weighted by molar-refractivity contribution is -0.138. The van der Waals surface area contributed by atoms with Crippen LogP contribution in [0.1, 0.15) is 25.3 Å². The Morgan fingerprint density at radius 1 is 1.44 bits per heavy atom. The summed E-state index contributed by atoms with van der Waals surface area (Å²) in [5.41, 5.74) is 0.429. The summed E-state index contributed by atoms with van der Waals surface area (Å²) < 4.78 is 25.8. The zero-order valence-corrected chi connectivity index (χ0v) is 9.04. The predicted molar refractivity (Wildman–Crippen MR) is 56.1 cm³/mol. The van der Waals surface area contributed by atoms with Crippen molar-refractivity contribution >= 4 is 5.97 Å². The van der Waals surface area contributed by atoms with E-state index in [9.17, 15) is 13.6 Å². The fourth-order valence-electron chi connectivity index (χ4n) is 1.53. The maximum absolute atomic E-state index is 13.2. The van der Waals surface area contributed by atoms with Crippen molar-refractivity contribution in [3.05, 3.63) is 35.4 Å². The van der Waals surface area contributed by atoms with Crippen molar-refractivity contribution in [2.45, 2.75) is 26.2 Å². The van der Waals surface area contributed by atoms with Crippen LogP contribution < -0.4 is 0 Å². The number of benzene rings is 1. The van der Waals surface area contributed by atoms with Gasteiger partial charge in [0.2, 0.25) is 0 Å². The van der Waals surface area contributed by atoms with E-state index >= 15 is 0 Å². The molecule has 1 unspecified atom stereocenters. The van der Waals surface area contributed by atoms with Gasteiger partial charge in [-0.3, -0.25) is 4.79 Å². The molecule has 0 saturated carbocycles. The van der Waals surface area contributed by atoms with Crippen molar-refractivity contribution in [1.29, 1.82) is 0 Å². The molecular formula is C12H14F2O2. The van der Waals surface area contributed by atoms with Gasteiger partial charge in [-0.25, -0.2) is 8.78 Å². The third-order valence-electron chi connectivity index (χ3n) is 2.44. The van der Waals surface area contributed by atoms with Crippen LogP contribution in [0.25, 0.3) is 0 Å². The number of rotatable bonds is 5. The smallest absolute Gasteiger partial charge is 0.303 e. The topological polar surface area (TPSA) is 37.3 Å². The number of halogens is 2. The largest absolute Gasteiger partial charge is 0.481 e. The predicted octanol–water partition coefficient (Wildman–Crippen LogP) is 3.01. The highest BCUT2D eigenvalue weighted by Gasteiger charge is 2.10. The summed E-state index contributed by atoms with van der Waals surface area (Å²) >= 11 is 0. The molecule has 0 radical (unpaired) electrons. The molecule has 0 heterocycles. The quantitative estimate of drug-likeness (QED) is 0.841. The summed E-state index contributed by atoms with van der Waals surface area (Å²) in [4.78, 5) is 10.4. The molecule has 0 aliphatic carbocycles. The fraction of sp³-hybridized carbons (Fsp3) is 0.417. The summed E-state index contributed by atoms with van der Waals surface area (Å²) in [5, 5.41) is 8.55. The van der Waals surface area contributed by atoms with Crippen LogP contribution in [0, 0.1) is 17.6 Å². The lowest BCUT2D eigenvalue weighted by Crippen LogP contribution is -2.06. The Labute approximate surface area is 92.9 Å². The van der Waals surface area contributed by atoms with E-state index in [1.165, 1.54) is 12.1 Å². The third kappa shape index (κ3) is 3.96. The van der Waals surface area contributed by atoms with Crippen molar-refractivity contribution in [2.75, 3.05) is 0 Å². The van der Waals surface area contributed by atoms with Gasteiger partial charge in [0.15, 0.2) is 0 Å². The van der Waals surface area contributed by atoms with E-state index in [2.05, 4.69) is 0 Å². The van der Waals surface area contributed by atoms with E-state index in [1.807, 2.05) is 0 Å². The van der Waals surface area contributed by atoms with Crippen LogP contribution in [-0.4, -0.2) is 11.1 Å². The minimum atomic E-state index is -0.855. The van der Waals surface area contributed by atoms with Crippen LogP contribution in [0.3, 0.4) is 0 Å². The van der Waals surface area contributed by atoms with Gasteiger partial charge in [-0.05, 0) is 30.4 Å². The van der Waals surface area contributed by atoms with Crippen LogP contribution in [0.4, 0.5) is 8.78 Å². The zero-order chi connectivity index (χ0) is 12.1. The second kappa shape index (κ2) is 5.58. The van der Waals surface area contributed by atoms with Gasteiger partial charge in [0, 0.05) is 12.5 Å². The van der Waals surface area contributed by atoms with Crippen molar-refractivity contribution < 1.29 is 18.7 Å². The molecule has 0 fully saturated rings. The molecule has 0 aromatic heterocycles. The van der Waals surface area contributed by atoms with E-state index in [1.54, 1.807) is 6.92 Å². The maximum atomic E-state index is 13.2. The highest BCUT2D eigenvalue weighted by atomic mass is 19.1.